The lowest BCUT2D eigenvalue weighted by Crippen LogP contribution is -2.56. The number of ether oxygens (including phenoxy) is 2. The van der Waals surface area contributed by atoms with E-state index in [9.17, 15) is 0 Å². The number of nitrogens with zero attached hydrogens (tertiary/aromatic N) is 1. The van der Waals surface area contributed by atoms with Gasteiger partial charge in [0.2, 0.25) is 0 Å². The summed E-state index contributed by atoms with van der Waals surface area (Å²) in [6.07, 6.45) is 5.70. The minimum atomic E-state index is 0.176. The average molecular weight is 307 g/mol. The molecule has 21 heavy (non-hydrogen) atoms. The van der Waals surface area contributed by atoms with Gasteiger partial charge in [-0.05, 0) is 41.7 Å². The monoisotopic (exact) mass is 307 g/mol. The maximum absolute atomic E-state index is 6.07. The Morgan fingerprint density at radius 3 is 3.33 bits per heavy atom. The molecule has 2 aliphatic rings. The third-order valence-electron chi connectivity index (χ3n) is 4.68. The van der Waals surface area contributed by atoms with Gasteiger partial charge in [-0.2, -0.15) is 11.3 Å². The highest BCUT2D eigenvalue weighted by Gasteiger charge is 2.46. The summed E-state index contributed by atoms with van der Waals surface area (Å²) < 4.78 is 11.9. The average Bonchev–Trinajstić information content (AvgIpc) is 3.00. The van der Waals surface area contributed by atoms with E-state index in [2.05, 4.69) is 28.3 Å². The van der Waals surface area contributed by atoms with E-state index in [1.165, 1.54) is 12.0 Å². The molecule has 3 nitrogen and oxygen atoms in total. The van der Waals surface area contributed by atoms with Gasteiger partial charge in [0, 0.05) is 31.7 Å². The number of likely N-dealkylation sites (tertiary alicyclic amines) is 1. The van der Waals surface area contributed by atoms with E-state index in [4.69, 9.17) is 9.47 Å². The van der Waals surface area contributed by atoms with Crippen molar-refractivity contribution >= 4 is 11.3 Å². The van der Waals surface area contributed by atoms with Crippen LogP contribution >= 0.6 is 11.3 Å². The summed E-state index contributed by atoms with van der Waals surface area (Å²) in [6.45, 7) is 9.36. The van der Waals surface area contributed by atoms with Crippen molar-refractivity contribution in [2.75, 3.05) is 32.9 Å². The molecule has 0 radical (unpaired) electrons. The second kappa shape index (κ2) is 7.05. The topological polar surface area (TPSA) is 21.7 Å². The second-order valence-electron chi connectivity index (χ2n) is 6.26. The van der Waals surface area contributed by atoms with E-state index >= 15 is 0 Å². The molecule has 2 atom stereocenters. The Bertz CT molecular complexity index is 448. The van der Waals surface area contributed by atoms with Crippen molar-refractivity contribution in [3.63, 3.8) is 0 Å². The van der Waals surface area contributed by atoms with Crippen LogP contribution in [0.15, 0.2) is 29.5 Å². The van der Waals surface area contributed by atoms with Crippen molar-refractivity contribution in [1.29, 1.82) is 0 Å². The van der Waals surface area contributed by atoms with Gasteiger partial charge < -0.3 is 9.47 Å². The van der Waals surface area contributed by atoms with Crippen molar-refractivity contribution in [2.45, 2.75) is 31.9 Å². The van der Waals surface area contributed by atoms with Crippen LogP contribution in [0, 0.1) is 5.41 Å². The van der Waals surface area contributed by atoms with Crippen molar-refractivity contribution in [3.05, 3.63) is 35.0 Å². The Kier molecular flexibility index (Phi) is 5.11. The summed E-state index contributed by atoms with van der Waals surface area (Å²) >= 11 is 1.78. The van der Waals surface area contributed by atoms with E-state index in [0.717, 1.165) is 45.7 Å². The Morgan fingerprint density at radius 2 is 2.52 bits per heavy atom. The molecule has 2 aliphatic heterocycles. The van der Waals surface area contributed by atoms with Crippen molar-refractivity contribution in [1.82, 2.24) is 4.90 Å². The van der Waals surface area contributed by atoms with Crippen molar-refractivity contribution in [3.8, 4) is 0 Å². The summed E-state index contributed by atoms with van der Waals surface area (Å²) in [6, 6.07) is 2.23. The van der Waals surface area contributed by atoms with E-state index in [1.54, 1.807) is 11.3 Å². The van der Waals surface area contributed by atoms with E-state index in [1.807, 2.05) is 6.08 Å². The lowest BCUT2D eigenvalue weighted by atomic mass is 9.73. The number of thiophene rings is 1. The molecule has 0 aromatic carbocycles. The SMILES string of the molecule is C=CCOC[C@@]12CCCO[C@@H]1CCN(Cc1ccsc1)C2. The molecule has 0 N–H and O–H groups in total. The molecule has 3 heterocycles. The van der Waals surface area contributed by atoms with Gasteiger partial charge in [0.25, 0.3) is 0 Å². The summed E-state index contributed by atoms with van der Waals surface area (Å²) in [5, 5.41) is 4.42. The smallest absolute Gasteiger partial charge is 0.0677 e. The number of rotatable bonds is 6. The van der Waals surface area contributed by atoms with Crippen LogP contribution in [0.5, 0.6) is 0 Å². The maximum atomic E-state index is 6.07. The Hall–Kier alpha value is -0.680. The van der Waals surface area contributed by atoms with Crippen molar-refractivity contribution < 1.29 is 9.47 Å². The minimum absolute atomic E-state index is 0.176. The van der Waals surface area contributed by atoms with Gasteiger partial charge in [0.05, 0.1) is 19.3 Å². The molecule has 0 saturated carbocycles. The third kappa shape index (κ3) is 3.57. The van der Waals surface area contributed by atoms with Gasteiger partial charge >= 0.3 is 0 Å². The fourth-order valence-electron chi connectivity index (χ4n) is 3.71. The van der Waals surface area contributed by atoms with Crippen LogP contribution in [0.1, 0.15) is 24.8 Å². The molecule has 4 heteroatoms. The molecule has 1 aromatic rings. The van der Waals surface area contributed by atoms with E-state index < -0.39 is 0 Å². The highest BCUT2D eigenvalue weighted by molar-refractivity contribution is 7.07. The molecule has 0 spiro atoms. The Morgan fingerprint density at radius 1 is 1.57 bits per heavy atom. The first-order valence-corrected chi connectivity index (χ1v) is 8.80. The number of piperidine rings is 1. The zero-order valence-corrected chi connectivity index (χ0v) is 13.4. The molecule has 3 rings (SSSR count). The van der Waals surface area contributed by atoms with Crippen molar-refractivity contribution in [2.24, 2.45) is 5.41 Å². The Labute approximate surface area is 131 Å². The van der Waals surface area contributed by atoms with Gasteiger partial charge in [0.15, 0.2) is 0 Å². The predicted molar refractivity (Wildman–Crippen MR) is 86.6 cm³/mol. The number of hydrogen-bond donors (Lipinski definition) is 0. The summed E-state index contributed by atoms with van der Waals surface area (Å²) in [5.74, 6) is 0. The van der Waals surface area contributed by atoms with Crippen LogP contribution in [0.25, 0.3) is 0 Å². The fraction of sp³-hybridized carbons (Fsp3) is 0.647. The highest BCUT2D eigenvalue weighted by Crippen LogP contribution is 2.40. The normalized spacial score (nSPS) is 30.0. The zero-order chi connectivity index (χ0) is 14.5. The molecular weight excluding hydrogens is 282 g/mol. The van der Waals surface area contributed by atoms with E-state index in [-0.39, 0.29) is 5.41 Å². The van der Waals surface area contributed by atoms with Crippen LogP contribution in [-0.2, 0) is 16.0 Å². The quantitative estimate of drug-likeness (QED) is 0.594. The summed E-state index contributed by atoms with van der Waals surface area (Å²) in [5.41, 5.74) is 1.60. The summed E-state index contributed by atoms with van der Waals surface area (Å²) in [7, 11) is 0. The zero-order valence-electron chi connectivity index (χ0n) is 12.6. The molecule has 0 bridgehead atoms. The molecule has 0 unspecified atom stereocenters. The van der Waals surface area contributed by atoms with Crippen LogP contribution in [0.4, 0.5) is 0 Å². The molecular formula is C17H25NO2S. The molecule has 2 fully saturated rings. The molecule has 0 aliphatic carbocycles. The number of fused-ring (bicyclic) bond motifs is 1. The molecule has 1 aromatic heterocycles. The van der Waals surface area contributed by atoms with Crippen LogP contribution in [0.3, 0.4) is 0 Å². The molecule has 0 amide bonds. The third-order valence-corrected chi connectivity index (χ3v) is 5.41. The van der Waals surface area contributed by atoms with Crippen LogP contribution < -0.4 is 0 Å². The first-order chi connectivity index (χ1) is 10.3. The molecule has 2 saturated heterocycles. The Balaban J connectivity index is 1.66. The highest BCUT2D eigenvalue weighted by atomic mass is 32.1. The van der Waals surface area contributed by atoms with Gasteiger partial charge in [-0.1, -0.05) is 6.08 Å². The first kappa shape index (κ1) is 15.2. The van der Waals surface area contributed by atoms with E-state index in [0.29, 0.717) is 12.7 Å². The standard InChI is InChI=1S/C17H25NO2S/c1-2-8-19-14-17-6-3-9-20-16(17)4-7-18(13-17)11-15-5-10-21-12-15/h2,5,10,12,16H,1,3-4,6-9,11,13-14H2/t16-,17+/m1/s1. The lowest BCUT2D eigenvalue weighted by Gasteiger charge is -2.50. The van der Waals surface area contributed by atoms with Gasteiger partial charge in [-0.3, -0.25) is 4.90 Å². The lowest BCUT2D eigenvalue weighted by molar-refractivity contribution is -0.152. The molecule has 116 valence electrons. The van der Waals surface area contributed by atoms with Gasteiger partial charge in [0.1, 0.15) is 0 Å². The maximum Gasteiger partial charge on any atom is 0.0677 e. The largest absolute Gasteiger partial charge is 0.377 e. The van der Waals surface area contributed by atoms with Gasteiger partial charge in [-0.25, -0.2) is 0 Å². The van der Waals surface area contributed by atoms with Crippen LogP contribution in [-0.4, -0.2) is 43.9 Å². The number of hydrogen-bond acceptors (Lipinski definition) is 4. The van der Waals surface area contributed by atoms with Crippen LogP contribution in [0.2, 0.25) is 0 Å². The fourth-order valence-corrected chi connectivity index (χ4v) is 4.37. The minimum Gasteiger partial charge on any atom is -0.377 e. The summed E-state index contributed by atoms with van der Waals surface area (Å²) in [4.78, 5) is 2.57. The van der Waals surface area contributed by atoms with Gasteiger partial charge in [-0.15, -0.1) is 6.58 Å². The first-order valence-electron chi connectivity index (χ1n) is 7.86. The second-order valence-corrected chi connectivity index (χ2v) is 7.04. The predicted octanol–water partition coefficient (Wildman–Crippen LogP) is 3.32.